The molecule has 0 spiro atoms. The number of hydrogen-bond donors (Lipinski definition) is 2. The van der Waals surface area contributed by atoms with E-state index in [1.165, 1.54) is 0 Å². The van der Waals surface area contributed by atoms with Gasteiger partial charge in [0.25, 0.3) is 5.91 Å². The number of piperazine rings is 1. The van der Waals surface area contributed by atoms with Crippen molar-refractivity contribution in [3.8, 4) is 0 Å². The second-order valence-corrected chi connectivity index (χ2v) is 4.38. The molecule has 1 aliphatic rings. The largest absolute Gasteiger partial charge is 0.369 e. The number of carbonyl (C=O) groups excluding carboxylic acids is 2. The minimum Gasteiger partial charge on any atom is -0.369 e. The third kappa shape index (κ3) is 3.07. The Hall–Kier alpha value is -1.88. The van der Waals surface area contributed by atoms with Crippen molar-refractivity contribution < 1.29 is 9.59 Å². The van der Waals surface area contributed by atoms with Crippen LogP contribution in [-0.2, 0) is 11.2 Å². The Morgan fingerprint density at radius 1 is 1.17 bits per heavy atom. The van der Waals surface area contributed by atoms with Crippen LogP contribution in [0.3, 0.4) is 0 Å². The highest BCUT2D eigenvalue weighted by Gasteiger charge is 2.17. The number of nitrogens with one attached hydrogen (secondary N) is 1. The summed E-state index contributed by atoms with van der Waals surface area (Å²) in [5, 5.41) is 3.21. The molecule has 3 N–H and O–H groups in total. The Morgan fingerprint density at radius 2 is 1.78 bits per heavy atom. The zero-order chi connectivity index (χ0) is 13.0. The molecule has 1 aromatic rings. The zero-order valence-electron chi connectivity index (χ0n) is 10.2. The highest BCUT2D eigenvalue weighted by atomic mass is 16.2. The average Bonchev–Trinajstić information content (AvgIpc) is 2.39. The van der Waals surface area contributed by atoms with E-state index in [4.69, 9.17) is 5.73 Å². The lowest BCUT2D eigenvalue weighted by molar-refractivity contribution is -0.117. The van der Waals surface area contributed by atoms with Crippen LogP contribution in [-0.4, -0.2) is 42.9 Å². The summed E-state index contributed by atoms with van der Waals surface area (Å²) in [7, 11) is 0. The van der Waals surface area contributed by atoms with Crippen molar-refractivity contribution in [1.82, 2.24) is 10.2 Å². The first-order valence-corrected chi connectivity index (χ1v) is 6.04. The zero-order valence-corrected chi connectivity index (χ0v) is 10.2. The molecular formula is C13H17N3O2. The lowest BCUT2D eigenvalue weighted by Crippen LogP contribution is -2.46. The van der Waals surface area contributed by atoms with Crippen LogP contribution in [0.25, 0.3) is 0 Å². The van der Waals surface area contributed by atoms with E-state index in [9.17, 15) is 9.59 Å². The maximum atomic E-state index is 12.1. The van der Waals surface area contributed by atoms with Gasteiger partial charge in [0.2, 0.25) is 5.91 Å². The molecule has 2 rings (SSSR count). The van der Waals surface area contributed by atoms with E-state index in [1.54, 1.807) is 24.3 Å². The molecule has 1 saturated heterocycles. The van der Waals surface area contributed by atoms with E-state index >= 15 is 0 Å². The van der Waals surface area contributed by atoms with Crippen LogP contribution in [0.15, 0.2) is 24.3 Å². The van der Waals surface area contributed by atoms with Gasteiger partial charge in [0.1, 0.15) is 0 Å². The van der Waals surface area contributed by atoms with Gasteiger partial charge < -0.3 is 16.0 Å². The van der Waals surface area contributed by atoms with Crippen LogP contribution >= 0.6 is 0 Å². The van der Waals surface area contributed by atoms with Gasteiger partial charge in [0, 0.05) is 31.7 Å². The molecule has 1 fully saturated rings. The minimum absolute atomic E-state index is 0.0436. The van der Waals surface area contributed by atoms with Gasteiger partial charge in [-0.2, -0.15) is 0 Å². The molecule has 0 saturated carbocycles. The number of benzene rings is 1. The molecule has 0 bridgehead atoms. The summed E-state index contributed by atoms with van der Waals surface area (Å²) in [4.78, 5) is 24.7. The monoisotopic (exact) mass is 247 g/mol. The molecule has 0 atom stereocenters. The van der Waals surface area contributed by atoms with Crippen LogP contribution in [0, 0.1) is 0 Å². The Balaban J connectivity index is 2.04. The van der Waals surface area contributed by atoms with Crippen LogP contribution < -0.4 is 11.1 Å². The third-order valence-electron chi connectivity index (χ3n) is 2.98. The Kier molecular flexibility index (Phi) is 3.94. The van der Waals surface area contributed by atoms with Crippen molar-refractivity contribution in [2.75, 3.05) is 26.2 Å². The summed E-state index contributed by atoms with van der Waals surface area (Å²) < 4.78 is 0. The van der Waals surface area contributed by atoms with Gasteiger partial charge in [-0.15, -0.1) is 0 Å². The van der Waals surface area contributed by atoms with E-state index < -0.39 is 0 Å². The lowest BCUT2D eigenvalue weighted by atomic mass is 10.1. The van der Waals surface area contributed by atoms with E-state index in [-0.39, 0.29) is 18.2 Å². The van der Waals surface area contributed by atoms with Crippen molar-refractivity contribution in [1.29, 1.82) is 0 Å². The van der Waals surface area contributed by atoms with Crippen molar-refractivity contribution in [3.63, 3.8) is 0 Å². The fraction of sp³-hybridized carbons (Fsp3) is 0.385. The number of carbonyl (C=O) groups is 2. The smallest absolute Gasteiger partial charge is 0.253 e. The number of nitrogens with two attached hydrogens (primary N) is 1. The first-order chi connectivity index (χ1) is 8.66. The van der Waals surface area contributed by atoms with E-state index in [0.717, 1.165) is 31.7 Å². The van der Waals surface area contributed by atoms with E-state index in [2.05, 4.69) is 5.32 Å². The van der Waals surface area contributed by atoms with Crippen molar-refractivity contribution in [2.45, 2.75) is 6.42 Å². The standard InChI is InChI=1S/C13H17N3O2/c14-12(17)9-10-1-3-11(4-2-10)13(18)16-7-5-15-6-8-16/h1-4,15H,5-9H2,(H2,14,17). The Morgan fingerprint density at radius 3 is 2.33 bits per heavy atom. The molecule has 2 amide bonds. The molecule has 0 unspecified atom stereocenters. The maximum Gasteiger partial charge on any atom is 0.253 e. The summed E-state index contributed by atoms with van der Waals surface area (Å²) in [5.74, 6) is -0.321. The highest BCUT2D eigenvalue weighted by molar-refractivity contribution is 5.94. The second-order valence-electron chi connectivity index (χ2n) is 4.38. The predicted molar refractivity (Wildman–Crippen MR) is 68.1 cm³/mol. The van der Waals surface area contributed by atoms with Gasteiger partial charge in [0.15, 0.2) is 0 Å². The molecule has 0 aromatic heterocycles. The lowest BCUT2D eigenvalue weighted by Gasteiger charge is -2.27. The van der Waals surface area contributed by atoms with Gasteiger partial charge >= 0.3 is 0 Å². The minimum atomic E-state index is -0.365. The summed E-state index contributed by atoms with van der Waals surface area (Å²) in [6, 6.07) is 7.06. The second kappa shape index (κ2) is 5.64. The first kappa shape index (κ1) is 12.6. The summed E-state index contributed by atoms with van der Waals surface area (Å²) in [5.41, 5.74) is 6.61. The van der Waals surface area contributed by atoms with Crippen LogP contribution in [0.5, 0.6) is 0 Å². The molecular weight excluding hydrogens is 230 g/mol. The number of amides is 2. The molecule has 96 valence electrons. The molecule has 1 aromatic carbocycles. The van der Waals surface area contributed by atoms with Gasteiger partial charge in [0.05, 0.1) is 6.42 Å². The maximum absolute atomic E-state index is 12.1. The number of hydrogen-bond acceptors (Lipinski definition) is 3. The molecule has 18 heavy (non-hydrogen) atoms. The van der Waals surface area contributed by atoms with E-state index in [0.29, 0.717) is 5.56 Å². The topological polar surface area (TPSA) is 75.4 Å². The molecule has 0 radical (unpaired) electrons. The quantitative estimate of drug-likeness (QED) is 0.774. The fourth-order valence-electron chi connectivity index (χ4n) is 2.02. The molecule has 1 aliphatic heterocycles. The van der Waals surface area contributed by atoms with E-state index in [1.807, 2.05) is 4.90 Å². The SMILES string of the molecule is NC(=O)Cc1ccc(C(=O)N2CCNCC2)cc1. The van der Waals surface area contributed by atoms with Crippen LogP contribution in [0.2, 0.25) is 0 Å². The summed E-state index contributed by atoms with van der Waals surface area (Å²) in [6.07, 6.45) is 0.210. The fourth-order valence-corrected chi connectivity index (χ4v) is 2.02. The average molecular weight is 247 g/mol. The Bertz CT molecular complexity index is 436. The first-order valence-electron chi connectivity index (χ1n) is 6.04. The number of primary amides is 1. The van der Waals surface area contributed by atoms with Crippen LogP contribution in [0.1, 0.15) is 15.9 Å². The van der Waals surface area contributed by atoms with Gasteiger partial charge in [-0.3, -0.25) is 9.59 Å². The Labute approximate surface area is 106 Å². The van der Waals surface area contributed by atoms with Crippen molar-refractivity contribution >= 4 is 11.8 Å². The molecule has 0 aliphatic carbocycles. The van der Waals surface area contributed by atoms with Crippen LogP contribution in [0.4, 0.5) is 0 Å². The number of nitrogens with zero attached hydrogens (tertiary/aromatic N) is 1. The normalized spacial score (nSPS) is 15.4. The molecule has 5 nitrogen and oxygen atoms in total. The highest BCUT2D eigenvalue weighted by Crippen LogP contribution is 2.09. The van der Waals surface area contributed by atoms with Gasteiger partial charge in [-0.05, 0) is 17.7 Å². The molecule has 1 heterocycles. The number of rotatable bonds is 3. The third-order valence-corrected chi connectivity index (χ3v) is 2.98. The predicted octanol–water partition coefficient (Wildman–Crippen LogP) is -0.240. The van der Waals surface area contributed by atoms with Gasteiger partial charge in [-0.25, -0.2) is 0 Å². The summed E-state index contributed by atoms with van der Waals surface area (Å²) >= 11 is 0. The summed E-state index contributed by atoms with van der Waals surface area (Å²) in [6.45, 7) is 3.15. The molecule has 5 heteroatoms. The van der Waals surface area contributed by atoms with Crippen molar-refractivity contribution in [3.05, 3.63) is 35.4 Å². The van der Waals surface area contributed by atoms with Crippen molar-refractivity contribution in [2.24, 2.45) is 5.73 Å². The van der Waals surface area contributed by atoms with Gasteiger partial charge in [-0.1, -0.05) is 12.1 Å².